The van der Waals surface area contributed by atoms with Gasteiger partial charge >= 0.3 is 0 Å². The quantitative estimate of drug-likeness (QED) is 0.700. The van der Waals surface area contributed by atoms with Crippen molar-refractivity contribution in [3.8, 4) is 11.3 Å². The highest BCUT2D eigenvalue weighted by Crippen LogP contribution is 2.19. The predicted molar refractivity (Wildman–Crippen MR) is 88.6 cm³/mol. The van der Waals surface area contributed by atoms with Crippen LogP contribution in [-0.4, -0.2) is 33.1 Å². The van der Waals surface area contributed by atoms with E-state index in [1.54, 1.807) is 12.4 Å². The van der Waals surface area contributed by atoms with E-state index in [1.165, 1.54) is 0 Å². The van der Waals surface area contributed by atoms with Gasteiger partial charge in [-0.05, 0) is 14.0 Å². The van der Waals surface area contributed by atoms with Crippen molar-refractivity contribution in [2.75, 3.05) is 7.05 Å². The van der Waals surface area contributed by atoms with Gasteiger partial charge in [-0.25, -0.2) is 0 Å². The topological polar surface area (TPSA) is 55.1 Å². The van der Waals surface area contributed by atoms with Gasteiger partial charge in [0.15, 0.2) is 5.76 Å². The molecule has 23 heavy (non-hydrogen) atoms. The molecule has 0 radical (unpaired) electrons. The third-order valence-corrected chi connectivity index (χ3v) is 3.91. The van der Waals surface area contributed by atoms with Crippen LogP contribution in [-0.2, 0) is 13.0 Å². The summed E-state index contributed by atoms with van der Waals surface area (Å²) >= 11 is 0. The molecule has 0 amide bonds. The molecule has 118 valence electrons. The Labute approximate surface area is 136 Å². The van der Waals surface area contributed by atoms with Crippen molar-refractivity contribution in [3.63, 3.8) is 0 Å². The van der Waals surface area contributed by atoms with Crippen LogP contribution in [0.1, 0.15) is 18.4 Å². The summed E-state index contributed by atoms with van der Waals surface area (Å²) in [4.78, 5) is 10.7. The Bertz CT molecular complexity index is 727. The molecule has 3 rings (SSSR count). The molecule has 0 fully saturated rings. The Morgan fingerprint density at radius 2 is 2.00 bits per heavy atom. The van der Waals surface area contributed by atoms with Crippen LogP contribution in [0.2, 0.25) is 0 Å². The maximum Gasteiger partial charge on any atom is 0.151 e. The van der Waals surface area contributed by atoms with Crippen LogP contribution < -0.4 is 0 Å². The van der Waals surface area contributed by atoms with Gasteiger partial charge in [-0.2, -0.15) is 0 Å². The van der Waals surface area contributed by atoms with Crippen LogP contribution in [0.4, 0.5) is 0 Å². The summed E-state index contributed by atoms with van der Waals surface area (Å²) in [6, 6.07) is 12.4. The van der Waals surface area contributed by atoms with Crippen molar-refractivity contribution in [2.45, 2.75) is 25.9 Å². The fourth-order valence-electron chi connectivity index (χ4n) is 2.43. The highest BCUT2D eigenvalue weighted by molar-refractivity contribution is 5.58. The molecule has 5 nitrogen and oxygen atoms in total. The minimum Gasteiger partial charge on any atom is -0.359 e. The van der Waals surface area contributed by atoms with E-state index in [-0.39, 0.29) is 0 Å². The molecule has 5 heteroatoms. The zero-order chi connectivity index (χ0) is 16.1. The maximum atomic E-state index is 5.47. The van der Waals surface area contributed by atoms with Gasteiger partial charge in [-0.3, -0.25) is 14.9 Å². The summed E-state index contributed by atoms with van der Waals surface area (Å²) in [7, 11) is 2.08. The molecule has 1 aromatic carbocycles. The van der Waals surface area contributed by atoms with Crippen LogP contribution >= 0.6 is 0 Å². The van der Waals surface area contributed by atoms with Gasteiger partial charge in [0, 0.05) is 42.7 Å². The van der Waals surface area contributed by atoms with E-state index < -0.39 is 0 Å². The number of likely N-dealkylation sites (N-methyl/N-ethyl adjacent to an activating group) is 1. The summed E-state index contributed by atoms with van der Waals surface area (Å²) in [6.45, 7) is 2.88. The molecular formula is C18H20N4O. The first-order chi connectivity index (χ1) is 11.2. The monoisotopic (exact) mass is 308 g/mol. The second-order valence-corrected chi connectivity index (χ2v) is 5.71. The number of hydrogen-bond donors (Lipinski definition) is 0. The Hall–Kier alpha value is -2.53. The second-order valence-electron chi connectivity index (χ2n) is 5.71. The molecule has 0 saturated carbocycles. The Balaban J connectivity index is 1.62. The van der Waals surface area contributed by atoms with Crippen molar-refractivity contribution >= 4 is 0 Å². The van der Waals surface area contributed by atoms with Crippen molar-refractivity contribution in [3.05, 3.63) is 66.4 Å². The van der Waals surface area contributed by atoms with Crippen LogP contribution in [0.15, 0.2) is 59.5 Å². The largest absolute Gasteiger partial charge is 0.359 e. The van der Waals surface area contributed by atoms with Crippen LogP contribution in [0.5, 0.6) is 0 Å². The van der Waals surface area contributed by atoms with Crippen LogP contribution in [0.3, 0.4) is 0 Å². The lowest BCUT2D eigenvalue weighted by Gasteiger charge is -2.22. The molecule has 0 spiro atoms. The first-order valence-electron chi connectivity index (χ1n) is 7.68. The van der Waals surface area contributed by atoms with E-state index in [0.717, 1.165) is 29.1 Å². The number of benzene rings is 1. The van der Waals surface area contributed by atoms with Crippen LogP contribution in [0.25, 0.3) is 11.3 Å². The first kappa shape index (κ1) is 15.4. The lowest BCUT2D eigenvalue weighted by molar-refractivity contribution is 0.217. The average molecular weight is 308 g/mol. The van der Waals surface area contributed by atoms with E-state index in [1.807, 2.05) is 42.6 Å². The summed E-state index contributed by atoms with van der Waals surface area (Å²) in [6.07, 6.45) is 6.08. The van der Waals surface area contributed by atoms with E-state index in [4.69, 9.17) is 4.52 Å². The molecule has 0 N–H and O–H groups in total. The third-order valence-electron chi connectivity index (χ3n) is 3.91. The maximum absolute atomic E-state index is 5.47. The fourth-order valence-corrected chi connectivity index (χ4v) is 2.43. The summed E-state index contributed by atoms with van der Waals surface area (Å²) in [5.41, 5.74) is 2.93. The Morgan fingerprint density at radius 3 is 2.74 bits per heavy atom. The Morgan fingerprint density at radius 1 is 1.17 bits per heavy atom. The van der Waals surface area contributed by atoms with Gasteiger partial charge in [-0.1, -0.05) is 35.5 Å². The smallest absolute Gasteiger partial charge is 0.151 e. The molecule has 0 aliphatic heterocycles. The zero-order valence-corrected chi connectivity index (χ0v) is 13.4. The average Bonchev–Trinajstić information content (AvgIpc) is 3.05. The molecule has 3 aromatic rings. The summed E-state index contributed by atoms with van der Waals surface area (Å²) < 4.78 is 5.47. The third kappa shape index (κ3) is 4.02. The summed E-state index contributed by atoms with van der Waals surface area (Å²) in [5, 5.41) is 4.16. The first-order valence-corrected chi connectivity index (χ1v) is 7.68. The minimum atomic E-state index is 0.331. The molecule has 0 aliphatic carbocycles. The van der Waals surface area contributed by atoms with Gasteiger partial charge in [0.2, 0.25) is 0 Å². The number of hydrogen-bond acceptors (Lipinski definition) is 5. The van der Waals surface area contributed by atoms with E-state index >= 15 is 0 Å². The van der Waals surface area contributed by atoms with Crippen LogP contribution in [0, 0.1) is 0 Å². The fraction of sp³-hybridized carbons (Fsp3) is 0.278. The Kier molecular flexibility index (Phi) is 4.78. The van der Waals surface area contributed by atoms with Crippen molar-refractivity contribution < 1.29 is 4.52 Å². The van der Waals surface area contributed by atoms with E-state index in [9.17, 15) is 0 Å². The normalized spacial score (nSPS) is 12.5. The highest BCUT2D eigenvalue weighted by atomic mass is 16.5. The SMILES string of the molecule is C[C@@H](Cc1cnccn1)N(C)Cc1cc(-c2ccccc2)no1. The predicted octanol–water partition coefficient (Wildman–Crippen LogP) is 3.19. The molecule has 0 unspecified atom stereocenters. The second kappa shape index (κ2) is 7.15. The van der Waals surface area contributed by atoms with Crippen molar-refractivity contribution in [2.24, 2.45) is 0 Å². The molecule has 0 saturated heterocycles. The van der Waals surface area contributed by atoms with E-state index in [2.05, 4.69) is 34.0 Å². The van der Waals surface area contributed by atoms with Gasteiger partial charge in [0.1, 0.15) is 5.69 Å². The van der Waals surface area contributed by atoms with Gasteiger partial charge in [0.25, 0.3) is 0 Å². The zero-order valence-electron chi connectivity index (χ0n) is 13.4. The highest BCUT2D eigenvalue weighted by Gasteiger charge is 2.14. The summed E-state index contributed by atoms with van der Waals surface area (Å²) in [5.74, 6) is 0.859. The lowest BCUT2D eigenvalue weighted by atomic mass is 10.1. The molecule has 0 bridgehead atoms. The van der Waals surface area contributed by atoms with Crippen molar-refractivity contribution in [1.29, 1.82) is 0 Å². The van der Waals surface area contributed by atoms with Gasteiger partial charge in [0.05, 0.1) is 12.2 Å². The number of rotatable bonds is 6. The van der Waals surface area contributed by atoms with Gasteiger partial charge < -0.3 is 4.52 Å². The molecule has 0 aliphatic rings. The molecule has 1 atom stereocenters. The lowest BCUT2D eigenvalue weighted by Crippen LogP contribution is -2.30. The number of nitrogens with zero attached hydrogens (tertiary/aromatic N) is 4. The number of aromatic nitrogens is 3. The van der Waals surface area contributed by atoms with Gasteiger partial charge in [-0.15, -0.1) is 0 Å². The van der Waals surface area contributed by atoms with Crippen molar-refractivity contribution in [1.82, 2.24) is 20.0 Å². The molecule has 2 aromatic heterocycles. The minimum absolute atomic E-state index is 0.331. The standard InChI is InChI=1S/C18H20N4O/c1-14(10-16-12-19-8-9-20-16)22(2)13-17-11-18(21-23-17)15-6-4-3-5-7-15/h3-9,11-12,14H,10,13H2,1-2H3/t14-/m0/s1. The van der Waals surface area contributed by atoms with E-state index in [0.29, 0.717) is 12.6 Å². The molecular weight excluding hydrogens is 288 g/mol. The molecule has 2 heterocycles.